The molecule has 32 heavy (non-hydrogen) atoms. The lowest BCUT2D eigenvalue weighted by Crippen LogP contribution is -1.91. The molecule has 6 aromatic rings. The van der Waals surface area contributed by atoms with Gasteiger partial charge in [0.2, 0.25) is 0 Å². The molecule has 0 spiro atoms. The van der Waals surface area contributed by atoms with E-state index in [1.165, 1.54) is 0 Å². The van der Waals surface area contributed by atoms with Gasteiger partial charge in [-0.15, -0.1) is 0 Å². The van der Waals surface area contributed by atoms with Crippen LogP contribution in [0.1, 0.15) is 0 Å². The van der Waals surface area contributed by atoms with Gasteiger partial charge in [-0.3, -0.25) is 18.7 Å². The minimum absolute atomic E-state index is 0.652. The van der Waals surface area contributed by atoms with Gasteiger partial charge >= 0.3 is 0 Å². The molecule has 0 aliphatic carbocycles. The first-order valence-electron chi connectivity index (χ1n) is 10.1. The van der Waals surface area contributed by atoms with Crippen LogP contribution in [-0.2, 0) is 14.1 Å². The van der Waals surface area contributed by atoms with Crippen molar-refractivity contribution in [3.63, 3.8) is 0 Å². The number of aryl methyl sites for hydroxylation is 2. The van der Waals surface area contributed by atoms with Crippen LogP contribution in [0.3, 0.4) is 0 Å². The highest BCUT2D eigenvalue weighted by Gasteiger charge is 2.20. The second-order valence-electron chi connectivity index (χ2n) is 7.76. The second-order valence-corrected chi connectivity index (χ2v) is 8.17. The molecule has 8 heteroatoms. The van der Waals surface area contributed by atoms with Crippen molar-refractivity contribution in [2.75, 3.05) is 0 Å². The van der Waals surface area contributed by atoms with Gasteiger partial charge in [-0.25, -0.2) is 4.98 Å². The fraction of sp³-hybridized carbons (Fsp3) is 0.0833. The van der Waals surface area contributed by atoms with Crippen molar-refractivity contribution in [1.82, 2.24) is 33.9 Å². The Balaban J connectivity index is 1.69. The van der Waals surface area contributed by atoms with Crippen molar-refractivity contribution >= 4 is 28.2 Å². The molecular formula is C24H18ClN7. The molecular weight excluding hydrogens is 422 g/mol. The van der Waals surface area contributed by atoms with E-state index in [4.69, 9.17) is 21.6 Å². The lowest BCUT2D eigenvalue weighted by Gasteiger charge is -2.06. The molecule has 5 aromatic heterocycles. The van der Waals surface area contributed by atoms with E-state index in [0.29, 0.717) is 5.02 Å². The van der Waals surface area contributed by atoms with Crippen LogP contribution in [0, 0.1) is 0 Å². The van der Waals surface area contributed by atoms with Crippen molar-refractivity contribution in [3.8, 4) is 33.6 Å². The van der Waals surface area contributed by atoms with Gasteiger partial charge in [0.15, 0.2) is 0 Å². The van der Waals surface area contributed by atoms with Crippen LogP contribution in [0.5, 0.6) is 0 Å². The summed E-state index contributed by atoms with van der Waals surface area (Å²) in [7, 11) is 3.81. The molecule has 0 aliphatic heterocycles. The number of rotatable bonds is 3. The minimum atomic E-state index is 0.652. The van der Waals surface area contributed by atoms with Gasteiger partial charge in [0.25, 0.3) is 0 Å². The molecule has 0 atom stereocenters. The monoisotopic (exact) mass is 439 g/mol. The average molecular weight is 440 g/mol. The van der Waals surface area contributed by atoms with Crippen LogP contribution >= 0.6 is 11.6 Å². The van der Waals surface area contributed by atoms with Crippen LogP contribution in [-0.4, -0.2) is 33.9 Å². The summed E-state index contributed by atoms with van der Waals surface area (Å²) in [5, 5.41) is 10.3. The number of benzene rings is 1. The van der Waals surface area contributed by atoms with Crippen molar-refractivity contribution in [2.24, 2.45) is 14.1 Å². The molecule has 0 fully saturated rings. The SMILES string of the molecule is Cn1cc(-c2cnc3ccn4c(-c5cnn(C)c5)c(-c5ccccc5Cl)nc4c3c2)cn1. The lowest BCUT2D eigenvalue weighted by atomic mass is 10.1. The van der Waals surface area contributed by atoms with E-state index in [1.54, 1.807) is 9.36 Å². The van der Waals surface area contributed by atoms with Crippen molar-refractivity contribution in [2.45, 2.75) is 0 Å². The van der Waals surface area contributed by atoms with E-state index in [0.717, 1.165) is 50.2 Å². The van der Waals surface area contributed by atoms with Crippen molar-refractivity contribution in [1.29, 1.82) is 0 Å². The van der Waals surface area contributed by atoms with Crippen molar-refractivity contribution < 1.29 is 0 Å². The van der Waals surface area contributed by atoms with Crippen LogP contribution in [0.15, 0.2) is 73.6 Å². The van der Waals surface area contributed by atoms with E-state index in [-0.39, 0.29) is 0 Å². The Labute approximate surface area is 188 Å². The van der Waals surface area contributed by atoms with E-state index >= 15 is 0 Å². The number of halogens is 1. The molecule has 0 saturated heterocycles. The second kappa shape index (κ2) is 7.03. The van der Waals surface area contributed by atoms with E-state index in [2.05, 4.69) is 20.7 Å². The number of aromatic nitrogens is 7. The van der Waals surface area contributed by atoms with Crippen LogP contribution in [0.4, 0.5) is 0 Å². The molecule has 0 unspecified atom stereocenters. The largest absolute Gasteiger partial charge is 0.298 e. The predicted octanol–water partition coefficient (Wildman–Crippen LogP) is 5.00. The van der Waals surface area contributed by atoms with Gasteiger partial charge in [-0.1, -0.05) is 29.8 Å². The zero-order valence-electron chi connectivity index (χ0n) is 17.4. The number of nitrogens with zero attached hydrogens (tertiary/aromatic N) is 7. The Hall–Kier alpha value is -3.97. The maximum Gasteiger partial charge on any atom is 0.147 e. The highest BCUT2D eigenvalue weighted by atomic mass is 35.5. The quantitative estimate of drug-likeness (QED) is 0.389. The van der Waals surface area contributed by atoms with E-state index in [1.807, 2.05) is 81.6 Å². The van der Waals surface area contributed by atoms with E-state index in [9.17, 15) is 0 Å². The Morgan fingerprint density at radius 1 is 0.844 bits per heavy atom. The van der Waals surface area contributed by atoms with Gasteiger partial charge in [0.1, 0.15) is 5.65 Å². The first-order valence-corrected chi connectivity index (χ1v) is 10.5. The maximum absolute atomic E-state index is 6.59. The van der Waals surface area contributed by atoms with Gasteiger partial charge in [-0.2, -0.15) is 10.2 Å². The number of fused-ring (bicyclic) bond motifs is 3. The number of hydrogen-bond donors (Lipinski definition) is 0. The Kier molecular flexibility index (Phi) is 4.13. The predicted molar refractivity (Wildman–Crippen MR) is 125 cm³/mol. The topological polar surface area (TPSA) is 65.8 Å². The van der Waals surface area contributed by atoms with Crippen LogP contribution in [0.2, 0.25) is 5.02 Å². The molecule has 5 heterocycles. The molecule has 0 N–H and O–H groups in total. The highest BCUT2D eigenvalue weighted by Crippen LogP contribution is 2.38. The van der Waals surface area contributed by atoms with Gasteiger partial charge in [-0.05, 0) is 18.2 Å². The standard InChI is InChI=1S/C24H18ClN7/c1-30-13-16(11-27-30)15-9-19-21(26-10-15)7-8-32-23(17-12-28-31(2)14-17)22(29-24(19)32)18-5-3-4-6-20(18)25/h3-14H,1-2H3. The number of pyridine rings is 2. The molecule has 0 aliphatic rings. The molecule has 0 saturated carbocycles. The summed E-state index contributed by atoms with van der Waals surface area (Å²) >= 11 is 6.59. The third-order valence-corrected chi connectivity index (χ3v) is 5.93. The fourth-order valence-electron chi connectivity index (χ4n) is 4.09. The molecule has 6 rings (SSSR count). The molecule has 0 radical (unpaired) electrons. The first kappa shape index (κ1) is 18.8. The number of hydrogen-bond acceptors (Lipinski definition) is 4. The van der Waals surface area contributed by atoms with Crippen LogP contribution < -0.4 is 0 Å². The number of imidazole rings is 1. The lowest BCUT2D eigenvalue weighted by molar-refractivity contribution is 0.768. The summed E-state index contributed by atoms with van der Waals surface area (Å²) in [6.07, 6.45) is 11.5. The molecule has 7 nitrogen and oxygen atoms in total. The van der Waals surface area contributed by atoms with Gasteiger partial charge < -0.3 is 0 Å². The molecule has 0 amide bonds. The minimum Gasteiger partial charge on any atom is -0.298 e. The molecule has 1 aromatic carbocycles. The summed E-state index contributed by atoms with van der Waals surface area (Å²) in [5.74, 6) is 0. The average Bonchev–Trinajstić information content (AvgIpc) is 3.51. The van der Waals surface area contributed by atoms with Crippen molar-refractivity contribution in [3.05, 3.63) is 78.6 Å². The zero-order chi connectivity index (χ0) is 21.8. The van der Waals surface area contributed by atoms with Crippen LogP contribution in [0.25, 0.3) is 50.2 Å². The Bertz CT molecular complexity index is 1620. The summed E-state index contributed by atoms with van der Waals surface area (Å²) in [4.78, 5) is 9.77. The summed E-state index contributed by atoms with van der Waals surface area (Å²) < 4.78 is 5.66. The normalized spacial score (nSPS) is 11.6. The summed E-state index contributed by atoms with van der Waals surface area (Å²) in [6, 6.07) is 11.9. The Morgan fingerprint density at radius 3 is 2.31 bits per heavy atom. The highest BCUT2D eigenvalue weighted by molar-refractivity contribution is 6.33. The third-order valence-electron chi connectivity index (χ3n) is 5.60. The Morgan fingerprint density at radius 2 is 1.59 bits per heavy atom. The molecule has 0 bridgehead atoms. The maximum atomic E-state index is 6.59. The van der Waals surface area contributed by atoms with E-state index < -0.39 is 0 Å². The summed E-state index contributed by atoms with van der Waals surface area (Å²) in [6.45, 7) is 0. The fourth-order valence-corrected chi connectivity index (χ4v) is 4.31. The van der Waals surface area contributed by atoms with Gasteiger partial charge in [0.05, 0.1) is 34.3 Å². The molecule has 156 valence electrons. The first-order chi connectivity index (χ1) is 15.6. The zero-order valence-corrected chi connectivity index (χ0v) is 18.2. The van der Waals surface area contributed by atoms with Gasteiger partial charge in [0, 0.05) is 66.5 Å². The summed E-state index contributed by atoms with van der Waals surface area (Å²) in [5.41, 5.74) is 7.27. The smallest absolute Gasteiger partial charge is 0.147 e. The third kappa shape index (κ3) is 2.90.